The van der Waals surface area contributed by atoms with Crippen molar-refractivity contribution in [3.63, 3.8) is 0 Å². The second-order valence-electron chi connectivity index (χ2n) is 6.62. The second-order valence-corrected chi connectivity index (χ2v) is 6.62. The number of rotatable bonds is 7. The molecule has 0 saturated heterocycles. The smallest absolute Gasteiger partial charge is 0.306 e. The van der Waals surface area contributed by atoms with Gasteiger partial charge >= 0.3 is 5.92 Å². The van der Waals surface area contributed by atoms with E-state index in [1.807, 2.05) is 30.3 Å². The van der Waals surface area contributed by atoms with E-state index in [4.69, 9.17) is 9.47 Å². The van der Waals surface area contributed by atoms with Crippen LogP contribution in [0.2, 0.25) is 0 Å². The third kappa shape index (κ3) is 4.71. The number of likely N-dealkylation sites (N-methyl/N-ethyl adjacent to an activating group) is 1. The van der Waals surface area contributed by atoms with Crippen molar-refractivity contribution < 1.29 is 23.0 Å². The van der Waals surface area contributed by atoms with Crippen LogP contribution in [-0.4, -0.2) is 41.5 Å². The van der Waals surface area contributed by atoms with Crippen LogP contribution in [0.3, 0.4) is 0 Å². The molecule has 0 atom stereocenters. The predicted molar refractivity (Wildman–Crippen MR) is 108 cm³/mol. The lowest BCUT2D eigenvalue weighted by Gasteiger charge is -2.22. The van der Waals surface area contributed by atoms with Gasteiger partial charge < -0.3 is 14.4 Å². The van der Waals surface area contributed by atoms with Crippen LogP contribution in [-0.2, 0) is 10.7 Å². The van der Waals surface area contributed by atoms with E-state index in [1.165, 1.54) is 32.3 Å². The summed E-state index contributed by atoms with van der Waals surface area (Å²) in [5.41, 5.74) is 1.02. The maximum atomic E-state index is 14.4. The summed E-state index contributed by atoms with van der Waals surface area (Å²) < 4.78 is 40.0. The van der Waals surface area contributed by atoms with E-state index in [0.29, 0.717) is 17.2 Å². The maximum Gasteiger partial charge on any atom is 0.306 e. The minimum Gasteiger partial charge on any atom is -0.496 e. The lowest BCUT2D eigenvalue weighted by molar-refractivity contribution is -0.133. The summed E-state index contributed by atoms with van der Waals surface area (Å²) in [4.78, 5) is 20.3. The van der Waals surface area contributed by atoms with Crippen LogP contribution in [0.4, 0.5) is 8.78 Å². The van der Waals surface area contributed by atoms with Crippen LogP contribution >= 0.6 is 0 Å². The fraction of sp³-hybridized carbons (Fsp3) is 0.227. The molecule has 0 saturated carbocycles. The van der Waals surface area contributed by atoms with Crippen LogP contribution in [0, 0.1) is 0 Å². The first kappa shape index (κ1) is 21.2. The number of methoxy groups -OCH3 is 1. The highest BCUT2D eigenvalue weighted by Crippen LogP contribution is 2.37. The van der Waals surface area contributed by atoms with Gasteiger partial charge in [0.25, 0.3) is 0 Å². The zero-order chi connectivity index (χ0) is 21.7. The van der Waals surface area contributed by atoms with Crippen molar-refractivity contribution in [1.82, 2.24) is 14.9 Å². The molecule has 3 rings (SSSR count). The van der Waals surface area contributed by atoms with E-state index in [1.54, 1.807) is 19.4 Å². The molecule has 0 bridgehead atoms. The monoisotopic (exact) mass is 413 g/mol. The second kappa shape index (κ2) is 8.86. The number of hydrogen-bond acceptors (Lipinski definition) is 5. The van der Waals surface area contributed by atoms with Crippen molar-refractivity contribution in [3.05, 3.63) is 66.6 Å². The molecule has 0 radical (unpaired) electrons. The lowest BCUT2D eigenvalue weighted by Crippen LogP contribution is -2.35. The third-order valence-electron chi connectivity index (χ3n) is 4.47. The predicted octanol–water partition coefficient (Wildman–Crippen LogP) is 4.51. The van der Waals surface area contributed by atoms with Crippen LogP contribution in [0.1, 0.15) is 12.6 Å². The summed E-state index contributed by atoms with van der Waals surface area (Å²) in [6, 6.07) is 13.6. The summed E-state index contributed by atoms with van der Waals surface area (Å²) in [6.07, 6.45) is 2.78. The van der Waals surface area contributed by atoms with Crippen LogP contribution < -0.4 is 9.47 Å². The fourth-order valence-electron chi connectivity index (χ4n) is 2.80. The Balaban J connectivity index is 1.84. The number of carbonyl (C=O) groups excluding carboxylic acids is 1. The van der Waals surface area contributed by atoms with Crippen molar-refractivity contribution >= 4 is 5.91 Å². The summed E-state index contributed by atoms with van der Waals surface area (Å²) in [5.74, 6) is -2.54. The topological polar surface area (TPSA) is 64.6 Å². The normalized spacial score (nSPS) is 11.1. The van der Waals surface area contributed by atoms with Gasteiger partial charge in [-0.15, -0.1) is 0 Å². The Hall–Kier alpha value is -3.55. The first-order chi connectivity index (χ1) is 14.3. The lowest BCUT2D eigenvalue weighted by atomic mass is 10.1. The maximum absolute atomic E-state index is 14.4. The number of benzene rings is 1. The van der Waals surface area contributed by atoms with Gasteiger partial charge in [-0.2, -0.15) is 8.78 Å². The minimum absolute atomic E-state index is 0.254. The number of pyridine rings is 2. The number of aromatic nitrogens is 2. The molecule has 0 aliphatic rings. The Bertz CT molecular complexity index is 1030. The van der Waals surface area contributed by atoms with Gasteiger partial charge in [0.2, 0.25) is 11.8 Å². The third-order valence-corrected chi connectivity index (χ3v) is 4.47. The molecule has 2 aromatic heterocycles. The van der Waals surface area contributed by atoms with E-state index in [-0.39, 0.29) is 5.75 Å². The quantitative estimate of drug-likeness (QED) is 0.570. The Morgan fingerprint density at radius 1 is 1.07 bits per heavy atom. The standard InChI is InChI=1S/C22H21F2N3O3/c1-15(28)27(2)14-22(23,24)20-11-10-16(13-26-20)30-21-18(8-6-12-25-21)17-7-4-5-9-19(17)29-3/h4-13H,14H2,1-3H3. The van der Waals surface area contributed by atoms with Crippen molar-refractivity contribution in [2.75, 3.05) is 20.7 Å². The molecule has 3 aromatic rings. The van der Waals surface area contributed by atoms with Gasteiger partial charge in [0.15, 0.2) is 0 Å². The molecule has 156 valence electrons. The van der Waals surface area contributed by atoms with Crippen LogP contribution in [0.5, 0.6) is 17.4 Å². The summed E-state index contributed by atoms with van der Waals surface area (Å²) >= 11 is 0. The first-order valence-electron chi connectivity index (χ1n) is 9.14. The largest absolute Gasteiger partial charge is 0.496 e. The van der Waals surface area contributed by atoms with E-state index in [2.05, 4.69) is 9.97 Å². The van der Waals surface area contributed by atoms with E-state index in [0.717, 1.165) is 10.5 Å². The summed E-state index contributed by atoms with van der Waals surface area (Å²) in [5, 5.41) is 0. The number of amides is 1. The molecule has 6 nitrogen and oxygen atoms in total. The van der Waals surface area contributed by atoms with E-state index < -0.39 is 24.1 Å². The van der Waals surface area contributed by atoms with Crippen molar-refractivity contribution in [3.8, 4) is 28.5 Å². The van der Waals surface area contributed by atoms with E-state index >= 15 is 0 Å². The van der Waals surface area contributed by atoms with Crippen LogP contribution in [0.25, 0.3) is 11.1 Å². The highest BCUT2D eigenvalue weighted by atomic mass is 19.3. The average Bonchev–Trinajstić information content (AvgIpc) is 2.74. The molecule has 0 N–H and O–H groups in total. The Kier molecular flexibility index (Phi) is 6.25. The zero-order valence-electron chi connectivity index (χ0n) is 16.8. The fourth-order valence-corrected chi connectivity index (χ4v) is 2.80. The zero-order valence-corrected chi connectivity index (χ0v) is 16.8. The van der Waals surface area contributed by atoms with Gasteiger partial charge in [-0.1, -0.05) is 18.2 Å². The van der Waals surface area contributed by atoms with Crippen molar-refractivity contribution in [2.45, 2.75) is 12.8 Å². The molecule has 8 heteroatoms. The van der Waals surface area contributed by atoms with Crippen molar-refractivity contribution in [2.24, 2.45) is 0 Å². The number of hydrogen-bond donors (Lipinski definition) is 0. The molecule has 30 heavy (non-hydrogen) atoms. The molecule has 1 aromatic carbocycles. The first-order valence-corrected chi connectivity index (χ1v) is 9.14. The van der Waals surface area contributed by atoms with Gasteiger partial charge in [0, 0.05) is 31.3 Å². The number of nitrogens with zero attached hydrogens (tertiary/aromatic N) is 3. The molecule has 0 aliphatic heterocycles. The summed E-state index contributed by atoms with van der Waals surface area (Å²) in [6.45, 7) is 0.473. The number of halogens is 2. The number of alkyl halides is 2. The molecule has 0 spiro atoms. The molecule has 1 amide bonds. The highest BCUT2D eigenvalue weighted by Gasteiger charge is 2.35. The minimum atomic E-state index is -3.29. The molecule has 2 heterocycles. The molecule has 0 aliphatic carbocycles. The molecular formula is C22H21F2N3O3. The molecule has 0 fully saturated rings. The number of para-hydroxylation sites is 1. The summed E-state index contributed by atoms with van der Waals surface area (Å²) in [7, 11) is 2.89. The van der Waals surface area contributed by atoms with Gasteiger partial charge in [-0.3, -0.25) is 9.78 Å². The Labute approximate surface area is 173 Å². The average molecular weight is 413 g/mol. The number of carbonyl (C=O) groups is 1. The molecule has 0 unspecified atom stereocenters. The van der Waals surface area contributed by atoms with E-state index in [9.17, 15) is 13.6 Å². The SMILES string of the molecule is COc1ccccc1-c1cccnc1Oc1ccc(C(F)(F)CN(C)C(C)=O)nc1. The highest BCUT2D eigenvalue weighted by molar-refractivity contribution is 5.74. The van der Waals surface area contributed by atoms with Gasteiger partial charge in [-0.05, 0) is 30.3 Å². The van der Waals surface area contributed by atoms with Gasteiger partial charge in [0.1, 0.15) is 17.2 Å². The molecular weight excluding hydrogens is 392 g/mol. The van der Waals surface area contributed by atoms with Crippen molar-refractivity contribution in [1.29, 1.82) is 0 Å². The van der Waals surface area contributed by atoms with Gasteiger partial charge in [0.05, 0.1) is 19.9 Å². The Morgan fingerprint density at radius 2 is 1.80 bits per heavy atom. The number of ether oxygens (including phenoxy) is 2. The Morgan fingerprint density at radius 3 is 2.47 bits per heavy atom. The van der Waals surface area contributed by atoms with Gasteiger partial charge in [-0.25, -0.2) is 4.98 Å². The van der Waals surface area contributed by atoms with Crippen LogP contribution in [0.15, 0.2) is 60.9 Å².